The molecule has 3 aromatic heterocycles. The van der Waals surface area contributed by atoms with E-state index in [2.05, 4.69) is 20.2 Å². The highest BCUT2D eigenvalue weighted by molar-refractivity contribution is 5.86. The molecule has 0 radical (unpaired) electrons. The Labute approximate surface area is 207 Å². The van der Waals surface area contributed by atoms with Crippen LogP contribution in [0.1, 0.15) is 63.1 Å². The minimum atomic E-state index is 0. The van der Waals surface area contributed by atoms with Gasteiger partial charge in [0.1, 0.15) is 0 Å². The lowest BCUT2D eigenvalue weighted by atomic mass is 9.92. The molecule has 2 aliphatic rings. The average Bonchev–Trinajstić information content (AvgIpc) is 3.46. The second kappa shape index (κ2) is 11.8. The summed E-state index contributed by atoms with van der Waals surface area (Å²) in [5.41, 5.74) is 8.92. The van der Waals surface area contributed by atoms with Crippen LogP contribution in [0.2, 0.25) is 0 Å². The van der Waals surface area contributed by atoms with Crippen LogP contribution in [-0.2, 0) is 6.42 Å². The maximum atomic E-state index is 6.08. The van der Waals surface area contributed by atoms with Crippen molar-refractivity contribution in [2.75, 3.05) is 17.2 Å². The van der Waals surface area contributed by atoms with E-state index in [0.29, 0.717) is 24.1 Å². The maximum Gasteiger partial charge on any atom is 0.227 e. The molecule has 0 aromatic carbocycles. The lowest BCUT2D eigenvalue weighted by Gasteiger charge is -2.27. The Balaban J connectivity index is 0.00000153. The molecule has 0 aliphatic heterocycles. The van der Waals surface area contributed by atoms with Crippen molar-refractivity contribution < 1.29 is 0 Å². The third-order valence-corrected chi connectivity index (χ3v) is 6.64. The summed E-state index contributed by atoms with van der Waals surface area (Å²) in [4.78, 5) is 18.9. The number of pyridine rings is 1. The molecule has 5 rings (SSSR count). The van der Waals surface area contributed by atoms with E-state index in [1.165, 1.54) is 25.7 Å². The second-order valence-corrected chi connectivity index (χ2v) is 8.91. The van der Waals surface area contributed by atoms with Crippen molar-refractivity contribution in [3.05, 3.63) is 36.4 Å². The van der Waals surface area contributed by atoms with Gasteiger partial charge < -0.3 is 20.9 Å². The number of hydrogen-bond acceptors (Lipinski definition) is 7. The molecule has 10 heteroatoms. The Hall–Kier alpha value is -2.16. The summed E-state index contributed by atoms with van der Waals surface area (Å²) in [5, 5.41) is 7.08. The van der Waals surface area contributed by atoms with E-state index in [-0.39, 0.29) is 24.8 Å². The van der Waals surface area contributed by atoms with E-state index < -0.39 is 0 Å². The second-order valence-electron chi connectivity index (χ2n) is 8.91. The number of hydrogen-bond donors (Lipinski definition) is 3. The molecule has 0 spiro atoms. The number of nitrogens with two attached hydrogens (primary N) is 1. The molecule has 3 aromatic rings. The number of anilines is 2. The molecule has 2 saturated carbocycles. The Bertz CT molecular complexity index is 998. The molecule has 2 aliphatic carbocycles. The smallest absolute Gasteiger partial charge is 0.227 e. The van der Waals surface area contributed by atoms with Crippen molar-refractivity contribution in [3.8, 4) is 0 Å². The molecule has 8 nitrogen and oxygen atoms in total. The highest BCUT2D eigenvalue weighted by Gasteiger charge is 2.23. The third kappa shape index (κ3) is 6.05. The Morgan fingerprint density at radius 3 is 2.48 bits per heavy atom. The zero-order valence-corrected chi connectivity index (χ0v) is 20.5. The van der Waals surface area contributed by atoms with Crippen LogP contribution in [0.4, 0.5) is 11.8 Å². The zero-order valence-electron chi connectivity index (χ0n) is 18.8. The minimum absolute atomic E-state index is 0. The normalized spacial score (nSPS) is 20.8. The summed E-state index contributed by atoms with van der Waals surface area (Å²) >= 11 is 0. The SMILES string of the molecule is Cl.Cl.NC1CCC(Nc2nc(NCCc3ccccn3)c3ncn(C4CCCC4)c3n2)CC1. The lowest BCUT2D eigenvalue weighted by Crippen LogP contribution is -2.33. The molecule has 0 amide bonds. The van der Waals surface area contributed by atoms with Crippen LogP contribution in [0.15, 0.2) is 30.7 Å². The van der Waals surface area contributed by atoms with E-state index >= 15 is 0 Å². The first-order valence-corrected chi connectivity index (χ1v) is 11.7. The monoisotopic (exact) mass is 492 g/mol. The first-order chi connectivity index (χ1) is 15.3. The van der Waals surface area contributed by atoms with Crippen molar-refractivity contribution in [2.45, 2.75) is 75.9 Å². The topological polar surface area (TPSA) is 107 Å². The van der Waals surface area contributed by atoms with Crippen LogP contribution < -0.4 is 16.4 Å². The van der Waals surface area contributed by atoms with Gasteiger partial charge in [-0.3, -0.25) is 4.98 Å². The van der Waals surface area contributed by atoms with Crippen LogP contribution in [0.5, 0.6) is 0 Å². The number of nitrogens with one attached hydrogen (secondary N) is 2. The average molecular weight is 493 g/mol. The molecule has 33 heavy (non-hydrogen) atoms. The molecule has 0 saturated heterocycles. The predicted octanol–water partition coefficient (Wildman–Crippen LogP) is 4.52. The summed E-state index contributed by atoms with van der Waals surface area (Å²) in [6, 6.07) is 7.20. The van der Waals surface area contributed by atoms with Gasteiger partial charge in [-0.2, -0.15) is 9.97 Å². The number of nitrogens with zero attached hydrogens (tertiary/aromatic N) is 5. The van der Waals surface area contributed by atoms with Crippen molar-refractivity contribution in [3.63, 3.8) is 0 Å². The van der Waals surface area contributed by atoms with Gasteiger partial charge >= 0.3 is 0 Å². The van der Waals surface area contributed by atoms with Crippen molar-refractivity contribution in [1.82, 2.24) is 24.5 Å². The van der Waals surface area contributed by atoms with Crippen molar-refractivity contribution in [2.24, 2.45) is 5.73 Å². The predicted molar refractivity (Wildman–Crippen MR) is 138 cm³/mol. The van der Waals surface area contributed by atoms with E-state index in [4.69, 9.17) is 20.7 Å². The molecule has 2 fully saturated rings. The van der Waals surface area contributed by atoms with Gasteiger partial charge in [0.05, 0.1) is 6.33 Å². The van der Waals surface area contributed by atoms with Gasteiger partial charge in [-0.05, 0) is 50.7 Å². The summed E-state index contributed by atoms with van der Waals surface area (Å²) in [6.45, 7) is 0.747. The van der Waals surface area contributed by atoms with Gasteiger partial charge in [-0.25, -0.2) is 4.98 Å². The Morgan fingerprint density at radius 2 is 1.76 bits per heavy atom. The highest BCUT2D eigenvalue weighted by Crippen LogP contribution is 2.33. The Morgan fingerprint density at radius 1 is 0.970 bits per heavy atom. The van der Waals surface area contributed by atoms with Crippen molar-refractivity contribution >= 4 is 47.7 Å². The fourth-order valence-corrected chi connectivity index (χ4v) is 4.86. The molecule has 0 unspecified atom stereocenters. The fourth-order valence-electron chi connectivity index (χ4n) is 4.86. The van der Waals surface area contributed by atoms with Gasteiger partial charge in [-0.15, -0.1) is 24.8 Å². The number of imidazole rings is 1. The van der Waals surface area contributed by atoms with E-state index in [9.17, 15) is 0 Å². The standard InChI is InChI=1S/C23H32N8.2ClH/c24-16-8-10-18(11-9-16)28-23-29-21(26-14-12-17-5-3-4-13-25-17)20-22(30-23)31(15-27-20)19-6-1-2-7-19;;/h3-5,13,15-16,18-19H,1-2,6-12,14,24H2,(H2,26,28,29,30);2*1H. The molecule has 0 atom stereocenters. The van der Waals surface area contributed by atoms with Crippen LogP contribution in [0.3, 0.4) is 0 Å². The van der Waals surface area contributed by atoms with Crippen LogP contribution in [-0.4, -0.2) is 43.1 Å². The number of fused-ring (bicyclic) bond motifs is 1. The van der Waals surface area contributed by atoms with E-state index in [1.54, 1.807) is 0 Å². The van der Waals surface area contributed by atoms with Crippen LogP contribution in [0.25, 0.3) is 11.2 Å². The molecule has 3 heterocycles. The summed E-state index contributed by atoms with van der Waals surface area (Å²) in [6.07, 6.45) is 13.8. The van der Waals surface area contributed by atoms with Crippen molar-refractivity contribution in [1.29, 1.82) is 0 Å². The zero-order chi connectivity index (χ0) is 21.0. The molecule has 0 bridgehead atoms. The molecule has 180 valence electrons. The number of rotatable bonds is 7. The van der Waals surface area contributed by atoms with E-state index in [1.807, 2.05) is 30.7 Å². The van der Waals surface area contributed by atoms with Crippen LogP contribution >= 0.6 is 24.8 Å². The van der Waals surface area contributed by atoms with Gasteiger partial charge in [0.2, 0.25) is 5.95 Å². The summed E-state index contributed by atoms with van der Waals surface area (Å²) in [7, 11) is 0. The largest absolute Gasteiger partial charge is 0.368 e. The van der Waals surface area contributed by atoms with Gasteiger partial charge in [0.25, 0.3) is 0 Å². The number of halogens is 2. The van der Waals surface area contributed by atoms with Gasteiger partial charge in [-0.1, -0.05) is 18.9 Å². The minimum Gasteiger partial charge on any atom is -0.368 e. The number of aromatic nitrogens is 5. The highest BCUT2D eigenvalue weighted by atomic mass is 35.5. The first-order valence-electron chi connectivity index (χ1n) is 11.7. The van der Waals surface area contributed by atoms with Crippen LogP contribution in [0, 0.1) is 0 Å². The van der Waals surface area contributed by atoms with Gasteiger partial charge in [0, 0.05) is 43.0 Å². The molecular weight excluding hydrogens is 459 g/mol. The lowest BCUT2D eigenvalue weighted by molar-refractivity contribution is 0.410. The van der Waals surface area contributed by atoms with Gasteiger partial charge in [0.15, 0.2) is 17.0 Å². The summed E-state index contributed by atoms with van der Waals surface area (Å²) < 4.78 is 2.26. The summed E-state index contributed by atoms with van der Waals surface area (Å²) in [5.74, 6) is 1.49. The third-order valence-electron chi connectivity index (χ3n) is 6.64. The molecular formula is C23H34Cl2N8. The first kappa shape index (κ1) is 25.5. The fraction of sp³-hybridized carbons (Fsp3) is 0.565. The maximum absolute atomic E-state index is 6.08. The molecule has 4 N–H and O–H groups in total. The Kier molecular flexibility index (Phi) is 9.11. The van der Waals surface area contributed by atoms with E-state index in [0.717, 1.165) is 61.3 Å². The quantitative estimate of drug-likeness (QED) is 0.444.